The lowest BCUT2D eigenvalue weighted by atomic mass is 10.2. The van der Waals surface area contributed by atoms with E-state index in [9.17, 15) is 14.0 Å². The number of amides is 2. The maximum Gasteiger partial charge on any atom is 0.276 e. The molecular weight excluding hydrogens is 323 g/mol. The van der Waals surface area contributed by atoms with Gasteiger partial charge in [0, 0.05) is 0 Å². The molecule has 2 amide bonds. The number of halogens is 2. The summed E-state index contributed by atoms with van der Waals surface area (Å²) in [5.41, 5.74) is 5.01. The van der Waals surface area contributed by atoms with E-state index in [-0.39, 0.29) is 12.2 Å². The van der Waals surface area contributed by atoms with Gasteiger partial charge in [-0.1, -0.05) is 29.8 Å². The van der Waals surface area contributed by atoms with Gasteiger partial charge in [-0.15, -0.1) is 0 Å². The lowest BCUT2D eigenvalue weighted by molar-refractivity contribution is -0.123. The Balaban J connectivity index is 1.85. The number of nitrogens with one attached hydrogen (secondary N) is 2. The minimum Gasteiger partial charge on any atom is -0.482 e. The molecule has 120 valence electrons. The molecule has 0 unspecified atom stereocenters. The fourth-order valence-electron chi connectivity index (χ4n) is 1.74. The van der Waals surface area contributed by atoms with Crippen molar-refractivity contribution in [3.63, 3.8) is 0 Å². The second kappa shape index (κ2) is 7.60. The van der Waals surface area contributed by atoms with E-state index in [0.29, 0.717) is 10.8 Å². The summed E-state index contributed by atoms with van der Waals surface area (Å²) in [5.74, 6) is -1.68. The van der Waals surface area contributed by atoms with E-state index in [0.717, 1.165) is 11.6 Å². The Morgan fingerprint density at radius 1 is 1.17 bits per heavy atom. The molecule has 0 spiro atoms. The van der Waals surface area contributed by atoms with Gasteiger partial charge in [-0.05, 0) is 36.8 Å². The zero-order valence-corrected chi connectivity index (χ0v) is 13.0. The lowest BCUT2D eigenvalue weighted by Gasteiger charge is -2.10. The number of aryl methyl sites for hydroxylation is 1. The van der Waals surface area contributed by atoms with Crippen LogP contribution in [0.3, 0.4) is 0 Å². The fraction of sp³-hybridized carbons (Fsp3) is 0.125. The highest BCUT2D eigenvalue weighted by Crippen LogP contribution is 2.24. The van der Waals surface area contributed by atoms with Crippen LogP contribution in [0.15, 0.2) is 42.5 Å². The lowest BCUT2D eigenvalue weighted by Crippen LogP contribution is -2.44. The first kappa shape index (κ1) is 16.8. The summed E-state index contributed by atoms with van der Waals surface area (Å²) in [6.45, 7) is 1.51. The van der Waals surface area contributed by atoms with Crippen LogP contribution in [0.25, 0.3) is 0 Å². The van der Waals surface area contributed by atoms with E-state index in [2.05, 4.69) is 10.9 Å². The number of carbonyl (C=O) groups is 2. The SMILES string of the molecule is Cc1ccc(Cl)c(OCC(=O)NNC(=O)c2ccccc2F)c1. The van der Waals surface area contributed by atoms with Crippen molar-refractivity contribution in [2.75, 3.05) is 6.61 Å². The Morgan fingerprint density at radius 3 is 2.65 bits per heavy atom. The van der Waals surface area contributed by atoms with Gasteiger partial charge in [0.2, 0.25) is 0 Å². The van der Waals surface area contributed by atoms with Crippen LogP contribution in [0.1, 0.15) is 15.9 Å². The predicted molar refractivity (Wildman–Crippen MR) is 83.7 cm³/mol. The number of hydrazine groups is 1. The van der Waals surface area contributed by atoms with E-state index in [4.69, 9.17) is 16.3 Å². The fourth-order valence-corrected chi connectivity index (χ4v) is 1.91. The Hall–Kier alpha value is -2.60. The Morgan fingerprint density at radius 2 is 1.91 bits per heavy atom. The molecule has 0 aromatic heterocycles. The van der Waals surface area contributed by atoms with Crippen LogP contribution in [0.2, 0.25) is 5.02 Å². The third kappa shape index (κ3) is 4.69. The number of ether oxygens (including phenoxy) is 1. The van der Waals surface area contributed by atoms with Gasteiger partial charge in [0.05, 0.1) is 10.6 Å². The molecule has 0 aliphatic heterocycles. The molecule has 0 aliphatic carbocycles. The van der Waals surface area contributed by atoms with Gasteiger partial charge in [-0.25, -0.2) is 4.39 Å². The van der Waals surface area contributed by atoms with Crippen LogP contribution >= 0.6 is 11.6 Å². The Labute approximate surface area is 137 Å². The summed E-state index contributed by atoms with van der Waals surface area (Å²) < 4.78 is 18.7. The second-order valence-electron chi connectivity index (χ2n) is 4.70. The highest BCUT2D eigenvalue weighted by molar-refractivity contribution is 6.32. The van der Waals surface area contributed by atoms with Gasteiger partial charge in [0.15, 0.2) is 6.61 Å². The van der Waals surface area contributed by atoms with Crippen molar-refractivity contribution in [3.05, 3.63) is 64.4 Å². The minimum absolute atomic E-state index is 0.171. The number of benzene rings is 2. The van der Waals surface area contributed by atoms with Gasteiger partial charge in [-0.2, -0.15) is 0 Å². The van der Waals surface area contributed by atoms with E-state index >= 15 is 0 Å². The van der Waals surface area contributed by atoms with E-state index in [1.165, 1.54) is 18.2 Å². The van der Waals surface area contributed by atoms with Crippen LogP contribution in [-0.4, -0.2) is 18.4 Å². The van der Waals surface area contributed by atoms with E-state index in [1.54, 1.807) is 12.1 Å². The molecule has 2 aromatic rings. The van der Waals surface area contributed by atoms with Crippen molar-refractivity contribution in [1.29, 1.82) is 0 Å². The molecule has 2 aromatic carbocycles. The molecule has 0 saturated heterocycles. The quantitative estimate of drug-likeness (QED) is 0.843. The van der Waals surface area contributed by atoms with Crippen LogP contribution in [0.5, 0.6) is 5.75 Å². The highest BCUT2D eigenvalue weighted by Gasteiger charge is 2.12. The average Bonchev–Trinajstić information content (AvgIpc) is 2.54. The molecule has 0 fully saturated rings. The summed E-state index contributed by atoms with van der Waals surface area (Å²) >= 11 is 5.94. The summed E-state index contributed by atoms with van der Waals surface area (Å²) in [7, 11) is 0. The van der Waals surface area contributed by atoms with Gasteiger partial charge < -0.3 is 4.74 Å². The van der Waals surface area contributed by atoms with Gasteiger partial charge in [-0.3, -0.25) is 20.4 Å². The molecular formula is C16H14ClFN2O3. The summed E-state index contributed by atoms with van der Waals surface area (Å²) in [5, 5.41) is 0.374. The van der Waals surface area contributed by atoms with E-state index < -0.39 is 17.6 Å². The largest absolute Gasteiger partial charge is 0.482 e. The Bertz CT molecular complexity index is 737. The van der Waals surface area contributed by atoms with Crippen LogP contribution < -0.4 is 15.6 Å². The van der Waals surface area contributed by atoms with Crippen molar-refractivity contribution in [2.45, 2.75) is 6.92 Å². The smallest absolute Gasteiger partial charge is 0.276 e. The van der Waals surface area contributed by atoms with Crippen LogP contribution in [0, 0.1) is 12.7 Å². The predicted octanol–water partition coefficient (Wildman–Crippen LogP) is 2.63. The van der Waals surface area contributed by atoms with Crippen molar-refractivity contribution in [3.8, 4) is 5.75 Å². The van der Waals surface area contributed by atoms with Crippen molar-refractivity contribution in [2.24, 2.45) is 0 Å². The first-order chi connectivity index (χ1) is 11.0. The molecule has 2 N–H and O–H groups in total. The number of carbonyl (C=O) groups excluding carboxylic acids is 2. The molecule has 0 atom stereocenters. The summed E-state index contributed by atoms with van der Waals surface area (Å²) in [6, 6.07) is 10.6. The number of hydrogen-bond donors (Lipinski definition) is 2. The molecule has 7 heteroatoms. The molecule has 0 radical (unpaired) electrons. The van der Waals surface area contributed by atoms with Gasteiger partial charge in [0.25, 0.3) is 11.8 Å². The van der Waals surface area contributed by atoms with Crippen LogP contribution in [0.4, 0.5) is 4.39 Å². The maximum atomic E-state index is 13.4. The molecule has 23 heavy (non-hydrogen) atoms. The zero-order valence-electron chi connectivity index (χ0n) is 12.2. The van der Waals surface area contributed by atoms with Crippen molar-refractivity contribution in [1.82, 2.24) is 10.9 Å². The summed E-state index contributed by atoms with van der Waals surface area (Å²) in [6.07, 6.45) is 0. The number of hydrogen-bond acceptors (Lipinski definition) is 3. The first-order valence-electron chi connectivity index (χ1n) is 6.70. The Kier molecular flexibility index (Phi) is 5.54. The van der Waals surface area contributed by atoms with Crippen LogP contribution in [-0.2, 0) is 4.79 Å². The summed E-state index contributed by atoms with van der Waals surface area (Å²) in [4.78, 5) is 23.4. The van der Waals surface area contributed by atoms with Gasteiger partial charge in [0.1, 0.15) is 11.6 Å². The molecule has 0 saturated carbocycles. The van der Waals surface area contributed by atoms with Crippen molar-refractivity contribution >= 4 is 23.4 Å². The molecule has 2 rings (SSSR count). The zero-order chi connectivity index (χ0) is 16.8. The third-order valence-electron chi connectivity index (χ3n) is 2.88. The average molecular weight is 337 g/mol. The van der Waals surface area contributed by atoms with E-state index in [1.807, 2.05) is 13.0 Å². The molecule has 0 heterocycles. The number of rotatable bonds is 4. The van der Waals surface area contributed by atoms with Gasteiger partial charge >= 0.3 is 0 Å². The second-order valence-corrected chi connectivity index (χ2v) is 5.11. The molecule has 0 bridgehead atoms. The maximum absolute atomic E-state index is 13.4. The molecule has 0 aliphatic rings. The minimum atomic E-state index is -0.759. The van der Waals surface area contributed by atoms with Crippen molar-refractivity contribution < 1.29 is 18.7 Å². The third-order valence-corrected chi connectivity index (χ3v) is 3.19. The normalized spacial score (nSPS) is 10.0. The monoisotopic (exact) mass is 336 g/mol. The highest BCUT2D eigenvalue weighted by atomic mass is 35.5. The first-order valence-corrected chi connectivity index (χ1v) is 7.08. The molecule has 5 nitrogen and oxygen atoms in total. The topological polar surface area (TPSA) is 67.4 Å². The standard InChI is InChI=1S/C16H14ClFN2O3/c1-10-6-7-12(17)14(8-10)23-9-15(21)19-20-16(22)11-4-2-3-5-13(11)18/h2-8H,9H2,1H3,(H,19,21)(H,20,22).